The Balaban J connectivity index is 1.34. The Labute approximate surface area is 145 Å². The molecule has 3 amide bonds. The molecule has 0 radical (unpaired) electrons. The molecule has 9 heteroatoms. The molecular weight excluding hydrogens is 328 g/mol. The summed E-state index contributed by atoms with van der Waals surface area (Å²) in [5, 5.41) is 15.9. The van der Waals surface area contributed by atoms with Crippen LogP contribution in [-0.4, -0.2) is 50.2 Å². The molecule has 0 unspecified atom stereocenters. The number of urea groups is 1. The number of hydrogen-bond donors (Lipinski definition) is 4. The molecule has 0 aromatic carbocycles. The van der Waals surface area contributed by atoms with Gasteiger partial charge in [-0.1, -0.05) is 20.3 Å². The van der Waals surface area contributed by atoms with Gasteiger partial charge in [0, 0.05) is 23.3 Å². The van der Waals surface area contributed by atoms with Crippen LogP contribution < -0.4 is 16.0 Å². The topological polar surface area (TPSA) is 112 Å². The number of carbonyl (C=O) groups excluding carboxylic acids is 2. The van der Waals surface area contributed by atoms with Gasteiger partial charge < -0.3 is 10.6 Å². The molecule has 0 aliphatic carbocycles. The van der Waals surface area contributed by atoms with Crippen LogP contribution in [0.3, 0.4) is 0 Å². The number of hydrogen-bond acceptors (Lipinski definition) is 5. The van der Waals surface area contributed by atoms with Gasteiger partial charge in [0.05, 0.1) is 12.1 Å². The monoisotopic (exact) mass is 352 g/mol. The largest absolute Gasteiger partial charge is 0.332 e. The lowest BCUT2D eigenvalue weighted by Gasteiger charge is -2.16. The van der Waals surface area contributed by atoms with E-state index in [4.69, 9.17) is 0 Å². The first kappa shape index (κ1) is 17.1. The van der Waals surface area contributed by atoms with Gasteiger partial charge >= 0.3 is 6.03 Å². The lowest BCUT2D eigenvalue weighted by atomic mass is 10.0. The van der Waals surface area contributed by atoms with Crippen LogP contribution in [0, 0.1) is 0 Å². The van der Waals surface area contributed by atoms with Gasteiger partial charge in [0.25, 0.3) is 0 Å². The Kier molecular flexibility index (Phi) is 5.27. The van der Waals surface area contributed by atoms with Gasteiger partial charge in [-0.3, -0.25) is 15.2 Å². The van der Waals surface area contributed by atoms with E-state index < -0.39 is 0 Å². The van der Waals surface area contributed by atoms with Gasteiger partial charge in [-0.05, 0) is 12.8 Å². The van der Waals surface area contributed by atoms with Gasteiger partial charge in [-0.15, -0.1) is 5.10 Å². The van der Waals surface area contributed by atoms with E-state index in [1.807, 2.05) is 25.6 Å². The van der Waals surface area contributed by atoms with Crippen LogP contribution in [0.1, 0.15) is 51.3 Å². The lowest BCUT2D eigenvalue weighted by Crippen LogP contribution is -2.36. The molecule has 0 bridgehead atoms. The summed E-state index contributed by atoms with van der Waals surface area (Å²) in [7, 11) is 0. The molecule has 1 aromatic heterocycles. The number of rotatable bonds is 7. The van der Waals surface area contributed by atoms with Gasteiger partial charge in [0.1, 0.15) is 5.82 Å². The summed E-state index contributed by atoms with van der Waals surface area (Å²) < 4.78 is 0. The standard InChI is InChI=1S/C15H24N6O2S/c1-8(2)13-19-14(21-20-13)17-11(22)6-4-3-5-10-12-9(7-24-10)16-15(23)18-12/h8-10,12H,3-7H2,1-2H3,(H2,16,18,23)(H2,17,19,20,21,22)/t9-,10+,12-/m1/s1. The molecule has 3 heterocycles. The van der Waals surface area contributed by atoms with Crippen molar-refractivity contribution in [1.29, 1.82) is 0 Å². The number of nitrogens with one attached hydrogen (secondary N) is 4. The highest BCUT2D eigenvalue weighted by molar-refractivity contribution is 8.00. The number of anilines is 1. The highest BCUT2D eigenvalue weighted by atomic mass is 32.2. The second-order valence-electron chi connectivity index (χ2n) is 6.61. The van der Waals surface area contributed by atoms with Crippen molar-refractivity contribution in [3.05, 3.63) is 5.82 Å². The quantitative estimate of drug-likeness (QED) is 0.440. The minimum Gasteiger partial charge on any atom is -0.332 e. The first-order valence-corrected chi connectivity index (χ1v) is 9.48. The minimum absolute atomic E-state index is 0.0538. The predicted molar refractivity (Wildman–Crippen MR) is 93.1 cm³/mol. The Morgan fingerprint density at radius 1 is 1.38 bits per heavy atom. The number of nitrogens with zero attached hydrogens (tertiary/aromatic N) is 2. The van der Waals surface area contributed by atoms with Gasteiger partial charge in [0.2, 0.25) is 11.9 Å². The summed E-state index contributed by atoms with van der Waals surface area (Å²) in [6, 6.07) is 0.442. The normalized spacial score (nSPS) is 25.5. The third kappa shape index (κ3) is 4.00. The van der Waals surface area contributed by atoms with Gasteiger partial charge in [0.15, 0.2) is 0 Å². The van der Waals surface area contributed by atoms with Crippen LogP contribution in [0.4, 0.5) is 10.7 Å². The summed E-state index contributed by atoms with van der Waals surface area (Å²) in [4.78, 5) is 27.5. The molecule has 132 valence electrons. The number of aromatic nitrogens is 3. The zero-order chi connectivity index (χ0) is 17.1. The molecule has 2 fully saturated rings. The fourth-order valence-corrected chi connectivity index (χ4v) is 4.59. The molecule has 8 nitrogen and oxygen atoms in total. The lowest BCUT2D eigenvalue weighted by molar-refractivity contribution is -0.116. The van der Waals surface area contributed by atoms with Crippen molar-refractivity contribution in [2.24, 2.45) is 0 Å². The average molecular weight is 352 g/mol. The van der Waals surface area contributed by atoms with Crippen molar-refractivity contribution >= 4 is 29.6 Å². The molecule has 0 saturated carbocycles. The summed E-state index contributed by atoms with van der Waals surface area (Å²) >= 11 is 1.90. The molecule has 2 aliphatic heterocycles. The zero-order valence-electron chi connectivity index (χ0n) is 14.0. The van der Waals surface area contributed by atoms with E-state index in [9.17, 15) is 9.59 Å². The van der Waals surface area contributed by atoms with E-state index in [2.05, 4.69) is 31.1 Å². The third-order valence-corrected chi connectivity index (χ3v) is 5.89. The molecule has 2 aliphatic rings. The Morgan fingerprint density at radius 2 is 2.21 bits per heavy atom. The molecule has 3 atom stereocenters. The first-order valence-electron chi connectivity index (χ1n) is 8.43. The molecule has 24 heavy (non-hydrogen) atoms. The van der Waals surface area contributed by atoms with Crippen LogP contribution in [-0.2, 0) is 4.79 Å². The van der Waals surface area contributed by atoms with Crippen LogP contribution in [0.5, 0.6) is 0 Å². The predicted octanol–water partition coefficient (Wildman–Crippen LogP) is 1.59. The second kappa shape index (κ2) is 7.42. The molecule has 4 N–H and O–H groups in total. The molecule has 0 spiro atoms. The number of fused-ring (bicyclic) bond motifs is 1. The van der Waals surface area contributed by atoms with Crippen molar-refractivity contribution in [2.45, 2.75) is 62.8 Å². The van der Waals surface area contributed by atoms with Crippen molar-refractivity contribution in [3.63, 3.8) is 0 Å². The van der Waals surface area contributed by atoms with Gasteiger partial charge in [-0.2, -0.15) is 16.7 Å². The van der Waals surface area contributed by atoms with E-state index in [0.29, 0.717) is 17.6 Å². The third-order valence-electron chi connectivity index (χ3n) is 4.38. The SMILES string of the molecule is CC(C)c1nc(NC(=O)CCCC[C@@H]2SC[C@H]3NC(=O)N[C@@H]23)n[nH]1. The maximum absolute atomic E-state index is 11.9. The maximum Gasteiger partial charge on any atom is 0.315 e. The van der Waals surface area contributed by atoms with Crippen molar-refractivity contribution in [2.75, 3.05) is 11.1 Å². The fraction of sp³-hybridized carbons (Fsp3) is 0.733. The highest BCUT2D eigenvalue weighted by Gasteiger charge is 2.42. The average Bonchev–Trinajstić information content (AvgIpc) is 3.20. The molecule has 2 saturated heterocycles. The first-order chi connectivity index (χ1) is 11.5. The fourth-order valence-electron chi connectivity index (χ4n) is 3.05. The zero-order valence-corrected chi connectivity index (χ0v) is 14.8. The Bertz CT molecular complexity index is 605. The minimum atomic E-state index is -0.0582. The van der Waals surface area contributed by atoms with E-state index in [0.717, 1.165) is 30.8 Å². The van der Waals surface area contributed by atoms with E-state index in [1.165, 1.54) is 0 Å². The number of H-pyrrole nitrogens is 1. The summed E-state index contributed by atoms with van der Waals surface area (Å²) in [5.74, 6) is 2.28. The van der Waals surface area contributed by atoms with Crippen molar-refractivity contribution in [1.82, 2.24) is 25.8 Å². The number of carbonyl (C=O) groups is 2. The Hall–Kier alpha value is -1.77. The number of unbranched alkanes of at least 4 members (excludes halogenated alkanes) is 1. The Morgan fingerprint density at radius 3 is 2.96 bits per heavy atom. The van der Waals surface area contributed by atoms with Crippen molar-refractivity contribution < 1.29 is 9.59 Å². The van der Waals surface area contributed by atoms with Crippen LogP contribution >= 0.6 is 11.8 Å². The van der Waals surface area contributed by atoms with Crippen LogP contribution in [0.25, 0.3) is 0 Å². The molecule has 1 aromatic rings. The smallest absolute Gasteiger partial charge is 0.315 e. The number of thioether (sulfide) groups is 1. The molecule has 3 rings (SSSR count). The van der Waals surface area contributed by atoms with Gasteiger partial charge in [-0.25, -0.2) is 4.79 Å². The maximum atomic E-state index is 11.9. The van der Waals surface area contributed by atoms with E-state index in [1.54, 1.807) is 0 Å². The van der Waals surface area contributed by atoms with Crippen LogP contribution in [0.15, 0.2) is 0 Å². The van der Waals surface area contributed by atoms with Crippen molar-refractivity contribution in [3.8, 4) is 0 Å². The van der Waals surface area contributed by atoms with E-state index >= 15 is 0 Å². The summed E-state index contributed by atoms with van der Waals surface area (Å²) in [6.45, 7) is 4.03. The molecular formula is C15H24N6O2S. The highest BCUT2D eigenvalue weighted by Crippen LogP contribution is 2.33. The van der Waals surface area contributed by atoms with Crippen LogP contribution in [0.2, 0.25) is 0 Å². The summed E-state index contributed by atoms with van der Waals surface area (Å²) in [6.07, 6.45) is 3.26. The second-order valence-corrected chi connectivity index (χ2v) is 7.89. The summed E-state index contributed by atoms with van der Waals surface area (Å²) in [5.41, 5.74) is 0. The number of aromatic amines is 1. The number of amides is 3. The van der Waals surface area contributed by atoms with E-state index in [-0.39, 0.29) is 29.9 Å².